The van der Waals surface area contributed by atoms with Crippen molar-refractivity contribution in [1.29, 1.82) is 0 Å². The van der Waals surface area contributed by atoms with Crippen molar-refractivity contribution < 1.29 is 9.53 Å². The average molecular weight is 390 g/mol. The molecule has 1 amide bonds. The smallest absolute Gasteiger partial charge is 0.251 e. The lowest BCUT2D eigenvalue weighted by Gasteiger charge is -2.26. The summed E-state index contributed by atoms with van der Waals surface area (Å²) in [6.07, 6.45) is 0.820. The predicted molar refractivity (Wildman–Crippen MR) is 115 cm³/mol. The van der Waals surface area contributed by atoms with E-state index in [1.165, 1.54) is 5.56 Å². The minimum atomic E-state index is 0.00753. The topological polar surface area (TPSA) is 69.4 Å². The number of benzene rings is 2. The van der Waals surface area contributed by atoms with Gasteiger partial charge in [0.1, 0.15) is 12.4 Å². The normalized spacial score (nSPS) is 17.2. The summed E-state index contributed by atoms with van der Waals surface area (Å²) in [6, 6.07) is 14.1. The summed E-state index contributed by atoms with van der Waals surface area (Å²) in [4.78, 5) is 18.3. The number of nitrogens with one attached hydrogen (secondary N) is 3. The molecule has 0 bridgehead atoms. The van der Waals surface area contributed by atoms with Crippen molar-refractivity contribution in [2.24, 2.45) is 0 Å². The molecule has 3 aromatic rings. The highest BCUT2D eigenvalue weighted by atomic mass is 16.5. The zero-order valence-corrected chi connectivity index (χ0v) is 16.5. The van der Waals surface area contributed by atoms with Crippen LogP contribution in [0.5, 0.6) is 5.75 Å². The molecule has 29 heavy (non-hydrogen) atoms. The maximum atomic E-state index is 12.3. The van der Waals surface area contributed by atoms with E-state index in [0.29, 0.717) is 13.2 Å². The second-order valence-corrected chi connectivity index (χ2v) is 7.68. The lowest BCUT2D eigenvalue weighted by Crippen LogP contribution is -2.44. The van der Waals surface area contributed by atoms with Crippen LogP contribution in [0.3, 0.4) is 0 Å². The number of nitrogens with zero attached hydrogens (tertiary/aromatic N) is 1. The molecule has 0 spiro atoms. The molecule has 6 nitrogen and oxygen atoms in total. The molecule has 6 heteroatoms. The van der Waals surface area contributed by atoms with Gasteiger partial charge in [0, 0.05) is 61.4 Å². The number of carbonyl (C=O) groups is 1. The molecule has 0 unspecified atom stereocenters. The fourth-order valence-corrected chi connectivity index (χ4v) is 4.34. The molecule has 0 saturated carbocycles. The molecule has 150 valence electrons. The van der Waals surface area contributed by atoms with Crippen LogP contribution in [0.1, 0.15) is 15.9 Å². The van der Waals surface area contributed by atoms with Gasteiger partial charge in [0.25, 0.3) is 5.91 Å². The first-order valence-corrected chi connectivity index (χ1v) is 10.4. The molecule has 3 N–H and O–H groups in total. The Hall–Kier alpha value is -2.83. The summed E-state index contributed by atoms with van der Waals surface area (Å²) < 4.78 is 5.95. The van der Waals surface area contributed by atoms with E-state index in [2.05, 4.69) is 32.7 Å². The maximum Gasteiger partial charge on any atom is 0.251 e. The second-order valence-electron chi connectivity index (χ2n) is 7.68. The molecule has 1 aromatic heterocycles. The molecule has 2 aliphatic heterocycles. The van der Waals surface area contributed by atoms with Crippen LogP contribution in [-0.4, -0.2) is 61.7 Å². The van der Waals surface area contributed by atoms with Crippen LogP contribution >= 0.6 is 0 Å². The first-order chi connectivity index (χ1) is 14.3. The number of H-pyrrole nitrogens is 1. The van der Waals surface area contributed by atoms with E-state index in [1.54, 1.807) is 0 Å². The van der Waals surface area contributed by atoms with Gasteiger partial charge in [-0.1, -0.05) is 6.07 Å². The van der Waals surface area contributed by atoms with Gasteiger partial charge in [-0.25, -0.2) is 0 Å². The summed E-state index contributed by atoms with van der Waals surface area (Å²) >= 11 is 0. The number of rotatable bonds is 5. The van der Waals surface area contributed by atoms with Crippen LogP contribution in [-0.2, 0) is 6.42 Å². The van der Waals surface area contributed by atoms with Gasteiger partial charge in [0.2, 0.25) is 0 Å². The van der Waals surface area contributed by atoms with Gasteiger partial charge in [-0.3, -0.25) is 9.69 Å². The highest BCUT2D eigenvalue weighted by Gasteiger charge is 2.22. The number of aromatic nitrogens is 1. The first-order valence-electron chi connectivity index (χ1n) is 10.4. The lowest BCUT2D eigenvalue weighted by molar-refractivity contribution is 0.0957. The van der Waals surface area contributed by atoms with Crippen molar-refractivity contribution in [2.75, 3.05) is 45.9 Å². The molecule has 5 rings (SSSR count). The number of hydrogen-bond donors (Lipinski definition) is 3. The first kappa shape index (κ1) is 18.2. The number of amides is 1. The van der Waals surface area contributed by atoms with Gasteiger partial charge < -0.3 is 20.4 Å². The number of hydrogen-bond acceptors (Lipinski definition) is 4. The Kier molecular flexibility index (Phi) is 4.96. The summed E-state index contributed by atoms with van der Waals surface area (Å²) in [5.74, 6) is 0.900. The van der Waals surface area contributed by atoms with E-state index in [0.717, 1.165) is 72.6 Å². The molecule has 0 aliphatic carbocycles. The van der Waals surface area contributed by atoms with Gasteiger partial charge in [0.05, 0.1) is 0 Å². The van der Waals surface area contributed by atoms with Crippen LogP contribution in [0.2, 0.25) is 0 Å². The number of piperazine rings is 1. The van der Waals surface area contributed by atoms with Crippen LogP contribution in [0.15, 0.2) is 42.5 Å². The number of ether oxygens (including phenoxy) is 1. The minimum Gasteiger partial charge on any atom is -0.492 e. The summed E-state index contributed by atoms with van der Waals surface area (Å²) in [5, 5.41) is 7.41. The predicted octanol–water partition coefficient (Wildman–Crippen LogP) is 2.40. The monoisotopic (exact) mass is 390 g/mol. The van der Waals surface area contributed by atoms with E-state index in [1.807, 2.05) is 30.3 Å². The molecular weight excluding hydrogens is 364 g/mol. The van der Waals surface area contributed by atoms with Crippen LogP contribution < -0.4 is 15.4 Å². The second kappa shape index (κ2) is 7.89. The van der Waals surface area contributed by atoms with Gasteiger partial charge in [0.15, 0.2) is 0 Å². The Bertz CT molecular complexity index is 1020. The zero-order valence-electron chi connectivity index (χ0n) is 16.5. The van der Waals surface area contributed by atoms with Gasteiger partial charge in [-0.15, -0.1) is 0 Å². The number of aromatic amines is 1. The van der Waals surface area contributed by atoms with Crippen molar-refractivity contribution in [3.05, 3.63) is 53.6 Å². The van der Waals surface area contributed by atoms with E-state index in [9.17, 15) is 4.79 Å². The molecule has 2 aromatic carbocycles. The van der Waals surface area contributed by atoms with E-state index < -0.39 is 0 Å². The van der Waals surface area contributed by atoms with E-state index in [4.69, 9.17) is 4.74 Å². The number of carbonyl (C=O) groups excluding carboxylic acids is 1. The van der Waals surface area contributed by atoms with Crippen LogP contribution in [0.25, 0.3) is 22.2 Å². The third-order valence-corrected chi connectivity index (χ3v) is 5.86. The van der Waals surface area contributed by atoms with Crippen molar-refractivity contribution >= 4 is 16.8 Å². The van der Waals surface area contributed by atoms with Crippen molar-refractivity contribution in [3.63, 3.8) is 0 Å². The Morgan fingerprint density at radius 3 is 2.66 bits per heavy atom. The molecule has 1 saturated heterocycles. The van der Waals surface area contributed by atoms with Crippen LogP contribution in [0, 0.1) is 0 Å². The molecule has 3 heterocycles. The van der Waals surface area contributed by atoms with Crippen molar-refractivity contribution in [3.8, 4) is 17.0 Å². The van der Waals surface area contributed by atoms with E-state index >= 15 is 0 Å². The largest absolute Gasteiger partial charge is 0.492 e. The fourth-order valence-electron chi connectivity index (χ4n) is 4.34. The maximum absolute atomic E-state index is 12.3. The Morgan fingerprint density at radius 2 is 1.83 bits per heavy atom. The highest BCUT2D eigenvalue weighted by molar-refractivity contribution is 6.10. The minimum absolute atomic E-state index is 0.00753. The molecule has 1 fully saturated rings. The molecule has 0 atom stereocenters. The Labute approximate surface area is 170 Å². The lowest BCUT2D eigenvalue weighted by atomic mass is 10.0. The van der Waals surface area contributed by atoms with E-state index in [-0.39, 0.29) is 5.91 Å². The van der Waals surface area contributed by atoms with Gasteiger partial charge in [-0.05, 0) is 53.9 Å². The Morgan fingerprint density at radius 1 is 1.00 bits per heavy atom. The average Bonchev–Trinajstić information content (AvgIpc) is 3.04. The third kappa shape index (κ3) is 3.61. The van der Waals surface area contributed by atoms with Crippen molar-refractivity contribution in [1.82, 2.24) is 20.5 Å². The molecular formula is C23H26N4O2. The van der Waals surface area contributed by atoms with Gasteiger partial charge in [-0.2, -0.15) is 0 Å². The molecule has 2 aliphatic rings. The standard InChI is InChI=1S/C23H26N4O2/c28-23-19-2-1-3-20-21(19)18(8-9-25-23)22(26-20)16-4-6-17(7-5-16)29-15-14-27-12-10-24-11-13-27/h1-7,24,26H,8-15H2,(H,25,28). The SMILES string of the molecule is O=C1NCCc2c(-c3ccc(OCCN4CCNCC4)cc3)[nH]c3cccc1c23. The quantitative estimate of drug-likeness (QED) is 0.626. The highest BCUT2D eigenvalue weighted by Crippen LogP contribution is 2.34. The Balaban J connectivity index is 1.35. The zero-order chi connectivity index (χ0) is 19.6. The fraction of sp³-hybridized carbons (Fsp3) is 0.348. The molecule has 0 radical (unpaired) electrons. The summed E-state index contributed by atoms with van der Waals surface area (Å²) in [7, 11) is 0. The third-order valence-electron chi connectivity index (χ3n) is 5.86. The van der Waals surface area contributed by atoms with Crippen molar-refractivity contribution in [2.45, 2.75) is 6.42 Å². The van der Waals surface area contributed by atoms with Gasteiger partial charge >= 0.3 is 0 Å². The summed E-state index contributed by atoms with van der Waals surface area (Å²) in [5.41, 5.74) is 5.19. The summed E-state index contributed by atoms with van der Waals surface area (Å²) in [6.45, 7) is 6.61. The van der Waals surface area contributed by atoms with Crippen LogP contribution in [0.4, 0.5) is 0 Å².